The van der Waals surface area contributed by atoms with Gasteiger partial charge in [0.1, 0.15) is 6.04 Å². The predicted molar refractivity (Wildman–Crippen MR) is 69.0 cm³/mol. The summed E-state index contributed by atoms with van der Waals surface area (Å²) >= 11 is 0. The number of aliphatic hydroxyl groups excluding tert-OH is 1. The number of aliphatic hydroxyl groups is 1. The number of carbonyl (C=O) groups is 2. The lowest BCUT2D eigenvalue weighted by Gasteiger charge is -2.23. The van der Waals surface area contributed by atoms with E-state index >= 15 is 0 Å². The van der Waals surface area contributed by atoms with E-state index in [0.29, 0.717) is 5.56 Å². The Morgan fingerprint density at radius 2 is 1.84 bits per heavy atom. The van der Waals surface area contributed by atoms with Crippen LogP contribution in [0, 0.1) is 13.8 Å². The number of amides is 1. The molecule has 0 radical (unpaired) electrons. The van der Waals surface area contributed by atoms with Gasteiger partial charge in [0.05, 0.1) is 6.10 Å². The van der Waals surface area contributed by atoms with Crippen LogP contribution in [0.2, 0.25) is 0 Å². The number of likely N-dealkylation sites (tertiary alicyclic amines) is 1. The second-order valence-electron chi connectivity index (χ2n) is 4.97. The zero-order valence-electron chi connectivity index (χ0n) is 11.0. The minimum Gasteiger partial charge on any atom is -0.480 e. The number of aryl methyl sites for hydroxylation is 2. The Kier molecular flexibility index (Phi) is 3.57. The van der Waals surface area contributed by atoms with Crippen molar-refractivity contribution in [1.82, 2.24) is 4.90 Å². The molecule has 0 spiro atoms. The molecule has 102 valence electrons. The number of carboxylic acids is 1. The topological polar surface area (TPSA) is 77.8 Å². The van der Waals surface area contributed by atoms with Crippen LogP contribution in [-0.4, -0.2) is 45.7 Å². The van der Waals surface area contributed by atoms with Crippen molar-refractivity contribution in [1.29, 1.82) is 0 Å². The molecule has 1 aromatic carbocycles. The molecule has 0 aliphatic carbocycles. The predicted octanol–water partition coefficient (Wildman–Crippen LogP) is 0.963. The summed E-state index contributed by atoms with van der Waals surface area (Å²) in [6.07, 6.45) is -0.680. The van der Waals surface area contributed by atoms with Crippen LogP contribution < -0.4 is 0 Å². The number of nitrogens with zero attached hydrogens (tertiary/aromatic N) is 1. The van der Waals surface area contributed by atoms with Crippen LogP contribution >= 0.6 is 0 Å². The maximum absolute atomic E-state index is 12.5. The summed E-state index contributed by atoms with van der Waals surface area (Å²) < 4.78 is 0. The van der Waals surface area contributed by atoms with Crippen molar-refractivity contribution in [3.63, 3.8) is 0 Å². The molecule has 0 bridgehead atoms. The fraction of sp³-hybridized carbons (Fsp3) is 0.429. The minimum atomic E-state index is -1.07. The number of carboxylic acid groups (broad SMARTS) is 1. The molecule has 2 N–H and O–H groups in total. The van der Waals surface area contributed by atoms with Gasteiger partial charge >= 0.3 is 5.97 Å². The number of carbonyl (C=O) groups excluding carboxylic acids is 1. The summed E-state index contributed by atoms with van der Waals surface area (Å²) in [5.41, 5.74) is 2.16. The molecule has 0 saturated carbocycles. The summed E-state index contributed by atoms with van der Waals surface area (Å²) in [5.74, 6) is -1.39. The smallest absolute Gasteiger partial charge is 0.326 e. The largest absolute Gasteiger partial charge is 0.480 e. The molecule has 5 heteroatoms. The van der Waals surface area contributed by atoms with E-state index < -0.39 is 18.1 Å². The van der Waals surface area contributed by atoms with Crippen molar-refractivity contribution in [2.24, 2.45) is 0 Å². The highest BCUT2D eigenvalue weighted by Crippen LogP contribution is 2.23. The van der Waals surface area contributed by atoms with Crippen LogP contribution in [0.4, 0.5) is 0 Å². The third-order valence-corrected chi connectivity index (χ3v) is 3.52. The average molecular weight is 263 g/mol. The fourth-order valence-electron chi connectivity index (χ4n) is 2.57. The van der Waals surface area contributed by atoms with E-state index in [0.717, 1.165) is 11.1 Å². The number of benzene rings is 1. The van der Waals surface area contributed by atoms with Gasteiger partial charge in [-0.2, -0.15) is 0 Å². The first-order valence-electron chi connectivity index (χ1n) is 6.20. The number of hydrogen-bond donors (Lipinski definition) is 2. The molecule has 0 aromatic heterocycles. The lowest BCUT2D eigenvalue weighted by atomic mass is 10.0. The van der Waals surface area contributed by atoms with Gasteiger partial charge < -0.3 is 15.1 Å². The van der Waals surface area contributed by atoms with Gasteiger partial charge in [0.25, 0.3) is 5.91 Å². The Morgan fingerprint density at radius 1 is 1.26 bits per heavy atom. The molecule has 19 heavy (non-hydrogen) atoms. The van der Waals surface area contributed by atoms with E-state index in [9.17, 15) is 14.7 Å². The zero-order chi connectivity index (χ0) is 14.2. The van der Waals surface area contributed by atoms with Gasteiger partial charge in [0.15, 0.2) is 0 Å². The van der Waals surface area contributed by atoms with E-state index in [-0.39, 0.29) is 18.9 Å². The molecule has 2 atom stereocenters. The van der Waals surface area contributed by atoms with Crippen LogP contribution in [0.3, 0.4) is 0 Å². The summed E-state index contributed by atoms with van der Waals surface area (Å²) in [6, 6.07) is 4.56. The molecule has 1 amide bonds. The number of hydrogen-bond acceptors (Lipinski definition) is 3. The molecule has 1 aromatic rings. The summed E-state index contributed by atoms with van der Waals surface area (Å²) in [7, 11) is 0. The molecule has 1 saturated heterocycles. The second kappa shape index (κ2) is 5.01. The second-order valence-corrected chi connectivity index (χ2v) is 4.97. The Morgan fingerprint density at radius 3 is 2.37 bits per heavy atom. The molecule has 1 heterocycles. The minimum absolute atomic E-state index is 0.0730. The third-order valence-electron chi connectivity index (χ3n) is 3.52. The monoisotopic (exact) mass is 263 g/mol. The molecular weight excluding hydrogens is 246 g/mol. The van der Waals surface area contributed by atoms with Gasteiger partial charge in [-0.05, 0) is 25.0 Å². The number of rotatable bonds is 2. The standard InChI is InChI=1S/C14H17NO4/c1-8-4-3-5-9(2)12(8)13(17)15-7-10(16)6-11(15)14(18)19/h3-5,10-11,16H,6-7H2,1-2H3,(H,18,19). The SMILES string of the molecule is Cc1cccc(C)c1C(=O)N1CC(O)CC1C(=O)O. The van der Waals surface area contributed by atoms with Crippen LogP contribution in [-0.2, 0) is 4.79 Å². The average Bonchev–Trinajstić information content (AvgIpc) is 2.71. The highest BCUT2D eigenvalue weighted by Gasteiger charge is 2.39. The highest BCUT2D eigenvalue weighted by molar-refractivity contribution is 5.99. The van der Waals surface area contributed by atoms with Gasteiger partial charge in [0.2, 0.25) is 0 Å². The van der Waals surface area contributed by atoms with E-state index in [2.05, 4.69) is 0 Å². The Labute approximate surface area is 111 Å². The van der Waals surface area contributed by atoms with Crippen LogP contribution in [0.1, 0.15) is 27.9 Å². The van der Waals surface area contributed by atoms with Gasteiger partial charge in [-0.3, -0.25) is 4.79 Å². The summed E-state index contributed by atoms with van der Waals surface area (Å²) in [4.78, 5) is 24.9. The quantitative estimate of drug-likeness (QED) is 0.833. The van der Waals surface area contributed by atoms with Gasteiger partial charge in [-0.15, -0.1) is 0 Å². The first-order chi connectivity index (χ1) is 8.91. The number of β-amino-alcohol motifs (C(OH)–C–C–N with tert-alkyl or cyclic N) is 1. The van der Waals surface area contributed by atoms with E-state index in [1.807, 2.05) is 32.0 Å². The lowest BCUT2D eigenvalue weighted by Crippen LogP contribution is -2.41. The van der Waals surface area contributed by atoms with Crippen molar-refractivity contribution < 1.29 is 19.8 Å². The van der Waals surface area contributed by atoms with Gasteiger partial charge in [-0.1, -0.05) is 18.2 Å². The van der Waals surface area contributed by atoms with Crippen LogP contribution in [0.15, 0.2) is 18.2 Å². The maximum atomic E-state index is 12.5. The van der Waals surface area contributed by atoms with Crippen molar-refractivity contribution >= 4 is 11.9 Å². The van der Waals surface area contributed by atoms with Crippen molar-refractivity contribution in [3.8, 4) is 0 Å². The van der Waals surface area contributed by atoms with Crippen LogP contribution in [0.25, 0.3) is 0 Å². The zero-order valence-corrected chi connectivity index (χ0v) is 11.0. The Balaban J connectivity index is 2.36. The third kappa shape index (κ3) is 2.46. The fourth-order valence-corrected chi connectivity index (χ4v) is 2.57. The Bertz CT molecular complexity index is 506. The first-order valence-corrected chi connectivity index (χ1v) is 6.20. The highest BCUT2D eigenvalue weighted by atomic mass is 16.4. The van der Waals surface area contributed by atoms with E-state index in [1.54, 1.807) is 0 Å². The van der Waals surface area contributed by atoms with E-state index in [4.69, 9.17) is 5.11 Å². The molecule has 2 unspecified atom stereocenters. The van der Waals surface area contributed by atoms with Crippen molar-refractivity contribution in [2.45, 2.75) is 32.4 Å². The van der Waals surface area contributed by atoms with Crippen molar-refractivity contribution in [3.05, 3.63) is 34.9 Å². The maximum Gasteiger partial charge on any atom is 0.326 e. The normalized spacial score (nSPS) is 22.6. The molecule has 2 rings (SSSR count). The summed E-state index contributed by atoms with van der Waals surface area (Å²) in [5, 5.41) is 18.7. The molecule has 1 fully saturated rings. The first kappa shape index (κ1) is 13.5. The van der Waals surface area contributed by atoms with Gasteiger partial charge in [-0.25, -0.2) is 4.79 Å². The molecule has 1 aliphatic rings. The van der Waals surface area contributed by atoms with Crippen LogP contribution in [0.5, 0.6) is 0 Å². The van der Waals surface area contributed by atoms with E-state index in [1.165, 1.54) is 4.90 Å². The lowest BCUT2D eigenvalue weighted by molar-refractivity contribution is -0.141. The molecule has 1 aliphatic heterocycles. The molecular formula is C14H17NO4. The summed E-state index contributed by atoms with van der Waals surface area (Å²) in [6.45, 7) is 3.72. The molecule has 5 nitrogen and oxygen atoms in total. The number of aliphatic carboxylic acids is 1. The van der Waals surface area contributed by atoms with Gasteiger partial charge in [0, 0.05) is 18.5 Å². The van der Waals surface area contributed by atoms with Crippen molar-refractivity contribution in [2.75, 3.05) is 6.54 Å². The Hall–Kier alpha value is -1.88.